The average Bonchev–Trinajstić information content (AvgIpc) is 2.37. The topological polar surface area (TPSA) is 74.7 Å². The number of benzene rings is 1. The Morgan fingerprint density at radius 1 is 1.30 bits per heavy atom. The Balaban J connectivity index is 2.28. The number of Topliss-reactive ketones (excluding diaryl/α,β-unsaturated/α-hetero) is 1. The molecular weight excluding hydrogens is 278 g/mol. The number of piperidine rings is 1. The first kappa shape index (κ1) is 15.2. The van der Waals surface area contributed by atoms with E-state index in [0.717, 1.165) is 0 Å². The van der Waals surface area contributed by atoms with Gasteiger partial charge in [-0.1, -0.05) is 12.1 Å². The van der Waals surface area contributed by atoms with Crippen LogP contribution in [0.4, 0.5) is 0 Å². The lowest BCUT2D eigenvalue weighted by molar-refractivity contribution is 0.00940. The van der Waals surface area contributed by atoms with Crippen molar-refractivity contribution in [3.05, 3.63) is 29.8 Å². The number of sulfonamides is 1. The minimum absolute atomic E-state index is 0.101. The van der Waals surface area contributed by atoms with Crippen molar-refractivity contribution in [2.45, 2.75) is 37.2 Å². The molecule has 0 bridgehead atoms. The van der Waals surface area contributed by atoms with Gasteiger partial charge in [0, 0.05) is 18.7 Å². The maximum Gasteiger partial charge on any atom is 0.243 e. The van der Waals surface area contributed by atoms with E-state index >= 15 is 0 Å². The van der Waals surface area contributed by atoms with Gasteiger partial charge >= 0.3 is 0 Å². The smallest absolute Gasteiger partial charge is 0.243 e. The highest BCUT2D eigenvalue weighted by atomic mass is 32.2. The lowest BCUT2D eigenvalue weighted by Crippen LogP contribution is -2.48. The summed E-state index contributed by atoms with van der Waals surface area (Å²) in [5, 5.41) is 10.0. The van der Waals surface area contributed by atoms with Crippen LogP contribution in [0.15, 0.2) is 29.2 Å². The SMILES string of the molecule is CC(=O)c1ccc(S(=O)(=O)N2CCCC(C)(O)C2)cc1. The Bertz CT molecular complexity index is 605. The lowest BCUT2D eigenvalue weighted by Gasteiger charge is -2.35. The second kappa shape index (κ2) is 5.27. The molecule has 1 aliphatic heterocycles. The van der Waals surface area contributed by atoms with Crippen molar-refractivity contribution in [1.82, 2.24) is 4.31 Å². The van der Waals surface area contributed by atoms with Gasteiger partial charge in [0.05, 0.1) is 10.5 Å². The standard InChI is InChI=1S/C14H19NO4S/c1-11(16)12-4-6-13(7-5-12)20(18,19)15-9-3-8-14(2,17)10-15/h4-7,17H,3,8-10H2,1-2H3. The maximum absolute atomic E-state index is 12.5. The Labute approximate surface area is 119 Å². The molecule has 2 rings (SSSR count). The molecule has 1 aromatic carbocycles. The largest absolute Gasteiger partial charge is 0.389 e. The van der Waals surface area contributed by atoms with Gasteiger partial charge in [-0.15, -0.1) is 0 Å². The lowest BCUT2D eigenvalue weighted by atomic mass is 9.97. The molecule has 1 atom stereocenters. The van der Waals surface area contributed by atoms with E-state index in [2.05, 4.69) is 0 Å². The van der Waals surface area contributed by atoms with Crippen LogP contribution < -0.4 is 0 Å². The summed E-state index contributed by atoms with van der Waals surface area (Å²) in [7, 11) is -3.61. The molecule has 20 heavy (non-hydrogen) atoms. The van der Waals surface area contributed by atoms with Gasteiger partial charge in [0.15, 0.2) is 5.78 Å². The molecule has 1 aliphatic rings. The summed E-state index contributed by atoms with van der Waals surface area (Å²) < 4.78 is 26.3. The molecule has 1 unspecified atom stereocenters. The first-order valence-electron chi connectivity index (χ1n) is 6.56. The van der Waals surface area contributed by atoms with Gasteiger partial charge in [0.2, 0.25) is 10.0 Å². The molecule has 1 saturated heterocycles. The number of nitrogens with zero attached hydrogens (tertiary/aromatic N) is 1. The quantitative estimate of drug-likeness (QED) is 0.856. The van der Waals surface area contributed by atoms with E-state index in [9.17, 15) is 18.3 Å². The third-order valence-corrected chi connectivity index (χ3v) is 5.40. The number of carbonyl (C=O) groups excluding carboxylic acids is 1. The van der Waals surface area contributed by atoms with E-state index < -0.39 is 15.6 Å². The van der Waals surface area contributed by atoms with E-state index in [1.54, 1.807) is 6.92 Å². The fraction of sp³-hybridized carbons (Fsp3) is 0.500. The Morgan fingerprint density at radius 3 is 2.40 bits per heavy atom. The molecule has 0 radical (unpaired) electrons. The number of aliphatic hydroxyl groups is 1. The molecule has 110 valence electrons. The van der Waals surface area contributed by atoms with Gasteiger partial charge in [0.25, 0.3) is 0 Å². The van der Waals surface area contributed by atoms with Gasteiger partial charge in [0.1, 0.15) is 0 Å². The highest BCUT2D eigenvalue weighted by Gasteiger charge is 2.35. The van der Waals surface area contributed by atoms with Crippen molar-refractivity contribution in [1.29, 1.82) is 0 Å². The Kier molecular flexibility index (Phi) is 4.00. The van der Waals surface area contributed by atoms with Crippen LogP contribution in [0, 0.1) is 0 Å². The van der Waals surface area contributed by atoms with Crippen molar-refractivity contribution in [3.63, 3.8) is 0 Å². The molecule has 1 fully saturated rings. The highest BCUT2D eigenvalue weighted by molar-refractivity contribution is 7.89. The van der Waals surface area contributed by atoms with E-state index in [0.29, 0.717) is 24.9 Å². The first-order valence-corrected chi connectivity index (χ1v) is 8.00. The molecule has 0 saturated carbocycles. The van der Waals surface area contributed by atoms with E-state index in [-0.39, 0.29) is 17.2 Å². The zero-order chi connectivity index (χ0) is 15.0. The van der Waals surface area contributed by atoms with Crippen LogP contribution in [-0.2, 0) is 10.0 Å². The van der Waals surface area contributed by atoms with E-state index in [1.807, 2.05) is 0 Å². The molecule has 6 heteroatoms. The second-order valence-electron chi connectivity index (χ2n) is 5.52. The molecule has 0 spiro atoms. The van der Waals surface area contributed by atoms with Crippen molar-refractivity contribution < 1.29 is 18.3 Å². The highest BCUT2D eigenvalue weighted by Crippen LogP contribution is 2.26. The van der Waals surface area contributed by atoms with Crippen LogP contribution in [0.2, 0.25) is 0 Å². The number of carbonyl (C=O) groups is 1. The van der Waals surface area contributed by atoms with Crippen molar-refractivity contribution in [2.75, 3.05) is 13.1 Å². The van der Waals surface area contributed by atoms with Crippen LogP contribution in [0.1, 0.15) is 37.0 Å². The van der Waals surface area contributed by atoms with Crippen LogP contribution >= 0.6 is 0 Å². The summed E-state index contributed by atoms with van der Waals surface area (Å²) in [6.07, 6.45) is 1.24. The predicted molar refractivity (Wildman–Crippen MR) is 75.1 cm³/mol. The molecule has 1 aromatic rings. The monoisotopic (exact) mass is 297 g/mol. The third kappa shape index (κ3) is 3.08. The van der Waals surface area contributed by atoms with Crippen molar-refractivity contribution >= 4 is 15.8 Å². The molecule has 1 N–H and O–H groups in total. The molecule has 5 nitrogen and oxygen atoms in total. The van der Waals surface area contributed by atoms with Gasteiger partial charge < -0.3 is 5.11 Å². The number of hydrogen-bond acceptors (Lipinski definition) is 4. The average molecular weight is 297 g/mol. The summed E-state index contributed by atoms with van der Waals surface area (Å²) in [4.78, 5) is 11.4. The van der Waals surface area contributed by atoms with Crippen LogP contribution in [0.3, 0.4) is 0 Å². The summed E-state index contributed by atoms with van der Waals surface area (Å²) in [5.74, 6) is -0.102. The van der Waals surface area contributed by atoms with Gasteiger partial charge in [-0.2, -0.15) is 4.31 Å². The van der Waals surface area contributed by atoms with Crippen LogP contribution in [-0.4, -0.2) is 42.3 Å². The summed E-state index contributed by atoms with van der Waals surface area (Å²) >= 11 is 0. The zero-order valence-corrected chi connectivity index (χ0v) is 12.5. The molecule has 0 aromatic heterocycles. The molecular formula is C14H19NO4S. The summed E-state index contributed by atoms with van der Waals surface area (Å²) in [6.45, 7) is 3.59. The Morgan fingerprint density at radius 2 is 1.90 bits per heavy atom. The van der Waals surface area contributed by atoms with Gasteiger partial charge in [-0.3, -0.25) is 4.79 Å². The van der Waals surface area contributed by atoms with E-state index in [4.69, 9.17) is 0 Å². The second-order valence-corrected chi connectivity index (χ2v) is 7.46. The van der Waals surface area contributed by atoms with Gasteiger partial charge in [-0.25, -0.2) is 8.42 Å². The van der Waals surface area contributed by atoms with Crippen LogP contribution in [0.25, 0.3) is 0 Å². The molecule has 1 heterocycles. The number of rotatable bonds is 3. The Hall–Kier alpha value is -1.24. The van der Waals surface area contributed by atoms with Crippen molar-refractivity contribution in [2.24, 2.45) is 0 Å². The summed E-state index contributed by atoms with van der Waals surface area (Å²) in [5.41, 5.74) is -0.500. The van der Waals surface area contributed by atoms with Crippen molar-refractivity contribution in [3.8, 4) is 0 Å². The maximum atomic E-state index is 12.5. The zero-order valence-electron chi connectivity index (χ0n) is 11.7. The molecule has 0 amide bonds. The minimum Gasteiger partial charge on any atom is -0.389 e. The fourth-order valence-electron chi connectivity index (χ4n) is 2.39. The number of hydrogen-bond donors (Lipinski definition) is 1. The predicted octanol–water partition coefficient (Wildman–Crippen LogP) is 1.42. The number of β-amino-alcohol motifs (C(OH)–C–C–N with tert-alkyl or cyclic N) is 1. The fourth-order valence-corrected chi connectivity index (χ4v) is 3.99. The minimum atomic E-state index is -3.61. The first-order chi connectivity index (χ1) is 9.22. The van der Waals surface area contributed by atoms with E-state index in [1.165, 1.54) is 35.5 Å². The number of ketones is 1. The third-order valence-electron chi connectivity index (χ3n) is 3.54. The van der Waals surface area contributed by atoms with Crippen LogP contribution in [0.5, 0.6) is 0 Å². The molecule has 0 aliphatic carbocycles. The summed E-state index contributed by atoms with van der Waals surface area (Å²) in [6, 6.07) is 5.90. The van der Waals surface area contributed by atoms with Gasteiger partial charge in [-0.05, 0) is 38.8 Å². The normalized spacial score (nSPS) is 24.6.